The second-order valence-electron chi connectivity index (χ2n) is 5.47. The summed E-state index contributed by atoms with van der Waals surface area (Å²) in [5, 5.41) is 0.311. The van der Waals surface area contributed by atoms with E-state index < -0.39 is 8.32 Å². The molecule has 2 fully saturated rings. The van der Waals surface area contributed by atoms with Crippen LogP contribution < -0.4 is 0 Å². The minimum atomic E-state index is -1.39. The Morgan fingerprint density at radius 1 is 1.15 bits per heavy atom. The summed E-state index contributed by atoms with van der Waals surface area (Å²) >= 11 is 6.38. The molecular formula is C10H19ClOSi. The van der Waals surface area contributed by atoms with Crippen molar-refractivity contribution in [3.05, 3.63) is 0 Å². The molecule has 0 aliphatic heterocycles. The molecule has 1 nitrogen and oxygen atoms in total. The Morgan fingerprint density at radius 3 is 2.23 bits per heavy atom. The van der Waals surface area contributed by atoms with Crippen LogP contribution in [0.2, 0.25) is 19.6 Å². The number of fused-ring (bicyclic) bond motifs is 2. The maximum atomic E-state index is 6.38. The standard InChI is InChI=1S/C10H19ClOSi/c1-13(2,3)12-10-8-5-4-7(6-8)9(10)11/h7-10H,4-6H2,1-3H3. The highest BCUT2D eigenvalue weighted by molar-refractivity contribution is 6.69. The van der Waals surface area contributed by atoms with Gasteiger partial charge in [0, 0.05) is 0 Å². The lowest BCUT2D eigenvalue weighted by Gasteiger charge is -2.32. The highest BCUT2D eigenvalue weighted by atomic mass is 35.5. The van der Waals surface area contributed by atoms with E-state index in [-0.39, 0.29) is 0 Å². The summed E-state index contributed by atoms with van der Waals surface area (Å²) in [7, 11) is -1.39. The molecule has 0 amide bonds. The summed E-state index contributed by atoms with van der Waals surface area (Å²) in [6.45, 7) is 6.76. The zero-order valence-electron chi connectivity index (χ0n) is 8.72. The second-order valence-corrected chi connectivity index (χ2v) is 10.4. The van der Waals surface area contributed by atoms with Crippen molar-refractivity contribution in [1.82, 2.24) is 0 Å². The minimum Gasteiger partial charge on any atom is -0.413 e. The summed E-state index contributed by atoms with van der Waals surface area (Å²) in [5.74, 6) is 1.53. The normalized spacial score (nSPS) is 44.3. The number of alkyl halides is 1. The first-order chi connectivity index (χ1) is 5.97. The maximum absolute atomic E-state index is 6.38. The van der Waals surface area contributed by atoms with Gasteiger partial charge in [-0.3, -0.25) is 0 Å². The van der Waals surface area contributed by atoms with Gasteiger partial charge in [-0.05, 0) is 50.7 Å². The van der Waals surface area contributed by atoms with Gasteiger partial charge in [-0.15, -0.1) is 11.6 Å². The van der Waals surface area contributed by atoms with Gasteiger partial charge in [-0.2, -0.15) is 0 Å². The first kappa shape index (κ1) is 10.0. The molecule has 0 heterocycles. The van der Waals surface area contributed by atoms with Crippen molar-refractivity contribution in [2.45, 2.75) is 50.4 Å². The monoisotopic (exact) mass is 218 g/mol. The molecule has 4 atom stereocenters. The van der Waals surface area contributed by atoms with Crippen molar-refractivity contribution in [3.8, 4) is 0 Å². The molecule has 13 heavy (non-hydrogen) atoms. The van der Waals surface area contributed by atoms with Gasteiger partial charge in [0.1, 0.15) is 0 Å². The van der Waals surface area contributed by atoms with Gasteiger partial charge in [0.25, 0.3) is 0 Å². The molecule has 0 radical (unpaired) electrons. The minimum absolute atomic E-state index is 0.311. The summed E-state index contributed by atoms with van der Waals surface area (Å²) < 4.78 is 6.15. The fourth-order valence-electron chi connectivity index (χ4n) is 2.74. The summed E-state index contributed by atoms with van der Waals surface area (Å²) in [6.07, 6.45) is 4.39. The van der Waals surface area contributed by atoms with Crippen molar-refractivity contribution in [2.24, 2.45) is 11.8 Å². The van der Waals surface area contributed by atoms with E-state index in [1.165, 1.54) is 19.3 Å². The average molecular weight is 219 g/mol. The van der Waals surface area contributed by atoms with Crippen LogP contribution in [0.4, 0.5) is 0 Å². The lowest BCUT2D eigenvalue weighted by Crippen LogP contribution is -2.40. The number of hydrogen-bond acceptors (Lipinski definition) is 1. The molecule has 2 bridgehead atoms. The Morgan fingerprint density at radius 2 is 1.77 bits per heavy atom. The van der Waals surface area contributed by atoms with Crippen molar-refractivity contribution >= 4 is 19.9 Å². The SMILES string of the molecule is C[Si](C)(C)OC1C2CCC(C2)C1Cl. The van der Waals surface area contributed by atoms with Crippen LogP contribution in [0.15, 0.2) is 0 Å². The molecule has 0 saturated heterocycles. The van der Waals surface area contributed by atoms with Gasteiger partial charge in [-0.25, -0.2) is 0 Å². The van der Waals surface area contributed by atoms with Gasteiger partial charge in [0.15, 0.2) is 8.32 Å². The van der Waals surface area contributed by atoms with Gasteiger partial charge < -0.3 is 4.43 Å². The van der Waals surface area contributed by atoms with E-state index in [1.54, 1.807) is 0 Å². The fraction of sp³-hybridized carbons (Fsp3) is 1.00. The zero-order valence-corrected chi connectivity index (χ0v) is 10.5. The molecular weight excluding hydrogens is 200 g/mol. The van der Waals surface area contributed by atoms with Crippen LogP contribution in [0.25, 0.3) is 0 Å². The lowest BCUT2D eigenvalue weighted by atomic mass is 9.97. The Kier molecular flexibility index (Phi) is 2.50. The molecule has 2 aliphatic carbocycles. The van der Waals surface area contributed by atoms with Crippen LogP contribution in [0.5, 0.6) is 0 Å². The van der Waals surface area contributed by atoms with Crippen LogP contribution >= 0.6 is 11.6 Å². The molecule has 2 rings (SSSR count). The molecule has 76 valence electrons. The summed E-state index contributed by atoms with van der Waals surface area (Å²) in [6, 6.07) is 0. The van der Waals surface area contributed by atoms with Crippen molar-refractivity contribution in [2.75, 3.05) is 0 Å². The predicted octanol–water partition coefficient (Wildman–Crippen LogP) is 3.24. The van der Waals surface area contributed by atoms with Crippen molar-refractivity contribution in [3.63, 3.8) is 0 Å². The topological polar surface area (TPSA) is 9.23 Å². The van der Waals surface area contributed by atoms with E-state index in [0.717, 1.165) is 11.8 Å². The van der Waals surface area contributed by atoms with E-state index in [0.29, 0.717) is 11.5 Å². The van der Waals surface area contributed by atoms with Crippen LogP contribution in [0.1, 0.15) is 19.3 Å². The fourth-order valence-corrected chi connectivity index (χ4v) is 4.47. The van der Waals surface area contributed by atoms with Crippen LogP contribution in [0.3, 0.4) is 0 Å². The largest absolute Gasteiger partial charge is 0.413 e. The Labute approximate surface area is 86.9 Å². The number of hydrogen-bond donors (Lipinski definition) is 0. The highest BCUT2D eigenvalue weighted by Gasteiger charge is 2.48. The van der Waals surface area contributed by atoms with E-state index in [4.69, 9.17) is 16.0 Å². The van der Waals surface area contributed by atoms with E-state index >= 15 is 0 Å². The molecule has 0 aromatic carbocycles. The Hall–Kier alpha value is 0.467. The second kappa shape index (κ2) is 3.25. The molecule has 3 heteroatoms. The molecule has 2 aliphatic rings. The third-order valence-corrected chi connectivity index (χ3v) is 4.82. The van der Waals surface area contributed by atoms with Crippen LogP contribution in [0, 0.1) is 11.8 Å². The van der Waals surface area contributed by atoms with Gasteiger partial charge >= 0.3 is 0 Å². The third-order valence-electron chi connectivity index (χ3n) is 3.23. The molecule has 0 spiro atoms. The van der Waals surface area contributed by atoms with E-state index in [1.807, 2.05) is 0 Å². The Bertz CT molecular complexity index is 200. The molecule has 0 aromatic heterocycles. The molecule has 0 aromatic rings. The average Bonchev–Trinajstić information content (AvgIpc) is 2.51. The predicted molar refractivity (Wildman–Crippen MR) is 58.7 cm³/mol. The van der Waals surface area contributed by atoms with Crippen molar-refractivity contribution < 1.29 is 4.43 Å². The summed E-state index contributed by atoms with van der Waals surface area (Å²) in [4.78, 5) is 0. The van der Waals surface area contributed by atoms with Crippen LogP contribution in [-0.2, 0) is 4.43 Å². The highest BCUT2D eigenvalue weighted by Crippen LogP contribution is 2.49. The van der Waals surface area contributed by atoms with E-state index in [2.05, 4.69) is 19.6 Å². The van der Waals surface area contributed by atoms with Gasteiger partial charge in [0.2, 0.25) is 0 Å². The summed E-state index contributed by atoms with van der Waals surface area (Å²) in [5.41, 5.74) is 0. The first-order valence-electron chi connectivity index (χ1n) is 5.29. The molecule has 0 N–H and O–H groups in total. The maximum Gasteiger partial charge on any atom is 0.184 e. The van der Waals surface area contributed by atoms with Crippen LogP contribution in [-0.4, -0.2) is 19.8 Å². The van der Waals surface area contributed by atoms with Gasteiger partial charge in [0.05, 0.1) is 11.5 Å². The Balaban J connectivity index is 2.00. The van der Waals surface area contributed by atoms with Crippen molar-refractivity contribution in [1.29, 1.82) is 0 Å². The molecule has 4 unspecified atom stereocenters. The van der Waals surface area contributed by atoms with Gasteiger partial charge in [-0.1, -0.05) is 0 Å². The number of rotatable bonds is 2. The smallest absolute Gasteiger partial charge is 0.184 e. The zero-order chi connectivity index (χ0) is 9.64. The lowest BCUT2D eigenvalue weighted by molar-refractivity contribution is 0.135. The van der Waals surface area contributed by atoms with E-state index in [9.17, 15) is 0 Å². The molecule has 2 saturated carbocycles. The number of halogens is 1. The first-order valence-corrected chi connectivity index (χ1v) is 9.14. The quantitative estimate of drug-likeness (QED) is 0.511. The third kappa shape index (κ3) is 1.95.